The van der Waals surface area contributed by atoms with Crippen LogP contribution in [-0.2, 0) is 14.4 Å². The van der Waals surface area contributed by atoms with Gasteiger partial charge in [0.2, 0.25) is 0 Å². The largest absolute Gasteiger partial charge is 0.476 e. The molecule has 4 rings (SSSR count). The molecule has 4 aliphatic rings. The molecule has 1 fully saturated rings. The lowest BCUT2D eigenvalue weighted by Gasteiger charge is -2.29. The highest BCUT2D eigenvalue weighted by molar-refractivity contribution is 5.96. The van der Waals surface area contributed by atoms with Crippen molar-refractivity contribution in [2.24, 2.45) is 22.9 Å². The lowest BCUT2D eigenvalue weighted by atomic mass is 9.95. The van der Waals surface area contributed by atoms with Gasteiger partial charge in [-0.25, -0.2) is 0 Å². The molecule has 0 saturated heterocycles. The summed E-state index contributed by atoms with van der Waals surface area (Å²) in [6.07, 6.45) is 3.25. The molecule has 102 valence electrons. The highest BCUT2D eigenvalue weighted by Crippen LogP contribution is 2.60. The fourth-order valence-electron chi connectivity index (χ4n) is 3.42. The summed E-state index contributed by atoms with van der Waals surface area (Å²) < 4.78 is 5.63. The number of nitrogens with zero attached hydrogens (tertiary/aromatic N) is 2. The molecule has 5 heteroatoms. The molecular formula is C14H18N2O3. The van der Waals surface area contributed by atoms with E-state index in [0.717, 1.165) is 18.7 Å². The molecule has 0 aromatic heterocycles. The molecule has 2 unspecified atom stereocenters. The third kappa shape index (κ3) is 1.61. The Hall–Kier alpha value is -1.49. The maximum Gasteiger partial charge on any atom is 0.253 e. The number of rotatable bonds is 1. The minimum absolute atomic E-state index is 0.462. The van der Waals surface area contributed by atoms with Crippen LogP contribution in [0.25, 0.3) is 0 Å². The molecule has 0 spiro atoms. The first-order chi connectivity index (χ1) is 9.29. The topological polar surface area (TPSA) is 43.3 Å². The zero-order valence-electron chi connectivity index (χ0n) is 11.3. The van der Waals surface area contributed by atoms with E-state index in [4.69, 9.17) is 14.4 Å². The van der Waals surface area contributed by atoms with Gasteiger partial charge in [0.15, 0.2) is 0 Å². The number of hydroxylamine groups is 2. The zero-order valence-corrected chi connectivity index (χ0v) is 11.3. The predicted octanol–water partition coefficient (Wildman–Crippen LogP) is 1.69. The maximum absolute atomic E-state index is 5.92. The molecule has 2 heterocycles. The Balaban J connectivity index is 1.74. The third-order valence-electron chi connectivity index (χ3n) is 4.37. The van der Waals surface area contributed by atoms with Gasteiger partial charge in [0, 0.05) is 36.9 Å². The Labute approximate surface area is 112 Å². The van der Waals surface area contributed by atoms with Gasteiger partial charge in [-0.2, -0.15) is 0 Å². The van der Waals surface area contributed by atoms with Crippen molar-refractivity contribution in [1.82, 2.24) is 5.06 Å². The van der Waals surface area contributed by atoms with Crippen molar-refractivity contribution < 1.29 is 14.4 Å². The summed E-state index contributed by atoms with van der Waals surface area (Å²) in [7, 11) is 1.99. The van der Waals surface area contributed by atoms with Gasteiger partial charge in [-0.3, -0.25) is 0 Å². The summed E-state index contributed by atoms with van der Waals surface area (Å²) in [5, 5.41) is 6.04. The van der Waals surface area contributed by atoms with Gasteiger partial charge in [-0.15, -0.1) is 5.06 Å². The van der Waals surface area contributed by atoms with Crippen molar-refractivity contribution in [3.8, 4) is 0 Å². The molecule has 0 bridgehead atoms. The van der Waals surface area contributed by atoms with Crippen LogP contribution in [0.1, 0.15) is 13.3 Å². The number of oxime groups is 1. The predicted molar refractivity (Wildman–Crippen MR) is 68.9 cm³/mol. The fourth-order valence-corrected chi connectivity index (χ4v) is 3.42. The van der Waals surface area contributed by atoms with Crippen molar-refractivity contribution in [2.75, 3.05) is 26.8 Å². The minimum Gasteiger partial charge on any atom is -0.476 e. The number of allylic oxidation sites excluding steroid dienone is 2. The smallest absolute Gasteiger partial charge is 0.253 e. The summed E-state index contributed by atoms with van der Waals surface area (Å²) in [6, 6.07) is 0. The highest BCUT2D eigenvalue weighted by atomic mass is 16.7. The summed E-state index contributed by atoms with van der Waals surface area (Å²) >= 11 is 0. The highest BCUT2D eigenvalue weighted by Gasteiger charge is 2.60. The molecule has 2 aliphatic heterocycles. The van der Waals surface area contributed by atoms with E-state index in [0.29, 0.717) is 36.9 Å². The summed E-state index contributed by atoms with van der Waals surface area (Å²) in [6.45, 7) is 4.18. The first-order valence-electron chi connectivity index (χ1n) is 6.96. The second-order valence-corrected chi connectivity index (χ2v) is 5.52. The van der Waals surface area contributed by atoms with E-state index < -0.39 is 0 Å². The quantitative estimate of drug-likeness (QED) is 0.721. The monoisotopic (exact) mass is 262 g/mol. The average molecular weight is 262 g/mol. The Morgan fingerprint density at radius 3 is 3.21 bits per heavy atom. The standard InChI is InChI=1S/C14H18N2O3/c1-3-17-14-9-6-8-4-5-16(2)19-13(8)12-10(11(9)12)7-18-15-14/h6,10-12H,3-5,7H2,1-2H3/t10?,11?,12-/m1/s1. The van der Waals surface area contributed by atoms with Crippen LogP contribution in [0.5, 0.6) is 0 Å². The number of hydrogen-bond donors (Lipinski definition) is 0. The van der Waals surface area contributed by atoms with E-state index in [9.17, 15) is 0 Å². The Morgan fingerprint density at radius 2 is 2.37 bits per heavy atom. The molecule has 0 radical (unpaired) electrons. The SMILES string of the molecule is CCOC1=NOCC2C3C1=CC1=C(ON(C)CC1)[C@H]23. The molecule has 19 heavy (non-hydrogen) atoms. The molecule has 5 nitrogen and oxygen atoms in total. The van der Waals surface area contributed by atoms with Gasteiger partial charge < -0.3 is 14.4 Å². The number of fused-ring (bicyclic) bond motifs is 2. The molecule has 2 aliphatic carbocycles. The summed E-state index contributed by atoms with van der Waals surface area (Å²) in [5.41, 5.74) is 2.52. The zero-order chi connectivity index (χ0) is 13.0. The van der Waals surface area contributed by atoms with Gasteiger partial charge in [-0.05, 0) is 30.1 Å². The minimum atomic E-state index is 0.462. The average Bonchev–Trinajstić information content (AvgIpc) is 3.14. The Morgan fingerprint density at radius 1 is 1.47 bits per heavy atom. The lowest BCUT2D eigenvalue weighted by molar-refractivity contribution is -0.115. The molecule has 0 amide bonds. The molecule has 0 N–H and O–H groups in total. The van der Waals surface area contributed by atoms with Gasteiger partial charge >= 0.3 is 0 Å². The van der Waals surface area contributed by atoms with Gasteiger partial charge in [0.05, 0.1) is 6.61 Å². The number of hydrogen-bond acceptors (Lipinski definition) is 5. The normalized spacial score (nSPS) is 36.0. The van der Waals surface area contributed by atoms with E-state index in [2.05, 4.69) is 11.2 Å². The lowest BCUT2D eigenvalue weighted by Crippen LogP contribution is -2.28. The van der Waals surface area contributed by atoms with Crippen LogP contribution < -0.4 is 0 Å². The van der Waals surface area contributed by atoms with Crippen LogP contribution >= 0.6 is 0 Å². The van der Waals surface area contributed by atoms with E-state index in [-0.39, 0.29) is 0 Å². The van der Waals surface area contributed by atoms with E-state index >= 15 is 0 Å². The molecular weight excluding hydrogens is 244 g/mol. The van der Waals surface area contributed by atoms with Gasteiger partial charge in [-0.1, -0.05) is 0 Å². The third-order valence-corrected chi connectivity index (χ3v) is 4.37. The van der Waals surface area contributed by atoms with Crippen molar-refractivity contribution in [3.63, 3.8) is 0 Å². The van der Waals surface area contributed by atoms with Crippen molar-refractivity contribution in [2.45, 2.75) is 13.3 Å². The first-order valence-corrected chi connectivity index (χ1v) is 6.96. The Bertz CT molecular complexity index is 509. The molecule has 3 atom stereocenters. The maximum atomic E-state index is 5.92. The van der Waals surface area contributed by atoms with Gasteiger partial charge in [0.25, 0.3) is 5.90 Å². The van der Waals surface area contributed by atoms with Crippen molar-refractivity contribution in [3.05, 3.63) is 23.0 Å². The van der Waals surface area contributed by atoms with E-state index in [1.165, 1.54) is 11.1 Å². The van der Waals surface area contributed by atoms with Crippen LogP contribution in [0.2, 0.25) is 0 Å². The van der Waals surface area contributed by atoms with E-state index in [1.807, 2.05) is 19.0 Å². The van der Waals surface area contributed by atoms with Crippen LogP contribution in [-0.4, -0.2) is 37.8 Å². The van der Waals surface area contributed by atoms with Crippen LogP contribution in [0.3, 0.4) is 0 Å². The van der Waals surface area contributed by atoms with Crippen molar-refractivity contribution >= 4 is 5.90 Å². The molecule has 1 saturated carbocycles. The van der Waals surface area contributed by atoms with Gasteiger partial charge in [0.1, 0.15) is 12.4 Å². The summed E-state index contributed by atoms with van der Waals surface area (Å²) in [4.78, 5) is 11.3. The second kappa shape index (κ2) is 4.00. The van der Waals surface area contributed by atoms with Crippen LogP contribution in [0, 0.1) is 17.8 Å². The molecule has 0 aromatic rings. The second-order valence-electron chi connectivity index (χ2n) is 5.52. The molecule has 0 aromatic carbocycles. The summed E-state index contributed by atoms with van der Waals surface area (Å²) in [5.74, 6) is 3.24. The van der Waals surface area contributed by atoms with Crippen LogP contribution in [0.4, 0.5) is 0 Å². The first kappa shape index (κ1) is 11.3. The fraction of sp³-hybridized carbons (Fsp3) is 0.643. The number of ether oxygens (including phenoxy) is 1. The Kier molecular flexibility index (Phi) is 2.39. The van der Waals surface area contributed by atoms with Crippen molar-refractivity contribution in [1.29, 1.82) is 0 Å². The van der Waals surface area contributed by atoms with E-state index in [1.54, 1.807) is 0 Å². The van der Waals surface area contributed by atoms with Crippen LogP contribution in [0.15, 0.2) is 28.1 Å².